The molecule has 2 aliphatic heterocycles. The first-order chi connectivity index (χ1) is 14.4. The number of amides is 2. The first-order valence-corrected chi connectivity index (χ1v) is 10.9. The standard InChI is InChI=1S/C25H31N3O2/c1-25(2)19-27(24(30)21-11-7-4-8-12-21)18-22-17-26(15-16-28(22)25)23(29)14-13-20-9-5-3-6-10-20/h3-12,22H,13-19H2,1-2H3. The fourth-order valence-electron chi connectivity index (χ4n) is 4.88. The highest BCUT2D eigenvalue weighted by atomic mass is 16.2. The van der Waals surface area contributed by atoms with Crippen molar-refractivity contribution in [3.8, 4) is 0 Å². The van der Waals surface area contributed by atoms with Crippen LogP contribution in [0.2, 0.25) is 0 Å². The largest absolute Gasteiger partial charge is 0.340 e. The highest BCUT2D eigenvalue weighted by Gasteiger charge is 2.44. The number of rotatable bonds is 4. The molecule has 30 heavy (non-hydrogen) atoms. The SMILES string of the molecule is CC1(C)CN(C(=O)c2ccccc2)CC2CN(C(=O)CCc3ccccc3)CCN21. The molecule has 5 heteroatoms. The average molecular weight is 406 g/mol. The van der Waals surface area contributed by atoms with Crippen LogP contribution in [0.15, 0.2) is 60.7 Å². The van der Waals surface area contributed by atoms with E-state index in [1.165, 1.54) is 5.56 Å². The molecule has 1 atom stereocenters. The van der Waals surface area contributed by atoms with E-state index in [0.29, 0.717) is 26.1 Å². The average Bonchev–Trinajstić information content (AvgIpc) is 2.77. The van der Waals surface area contributed by atoms with Gasteiger partial charge in [-0.25, -0.2) is 0 Å². The van der Waals surface area contributed by atoms with Crippen LogP contribution in [-0.2, 0) is 11.2 Å². The van der Waals surface area contributed by atoms with Crippen LogP contribution in [0.3, 0.4) is 0 Å². The van der Waals surface area contributed by atoms with E-state index in [1.54, 1.807) is 0 Å². The molecule has 0 bridgehead atoms. The number of hydrogen-bond donors (Lipinski definition) is 0. The summed E-state index contributed by atoms with van der Waals surface area (Å²) in [5.74, 6) is 0.290. The van der Waals surface area contributed by atoms with Crippen molar-refractivity contribution in [1.29, 1.82) is 0 Å². The van der Waals surface area contributed by atoms with Crippen LogP contribution in [0, 0.1) is 0 Å². The Hall–Kier alpha value is -2.66. The number of benzene rings is 2. The second-order valence-corrected chi connectivity index (χ2v) is 9.04. The van der Waals surface area contributed by atoms with E-state index in [9.17, 15) is 9.59 Å². The van der Waals surface area contributed by atoms with Crippen LogP contribution in [0.4, 0.5) is 0 Å². The second-order valence-electron chi connectivity index (χ2n) is 9.04. The molecular weight excluding hydrogens is 374 g/mol. The van der Waals surface area contributed by atoms with Crippen molar-refractivity contribution < 1.29 is 9.59 Å². The third kappa shape index (κ3) is 4.41. The van der Waals surface area contributed by atoms with Gasteiger partial charge in [-0.05, 0) is 38.0 Å². The lowest BCUT2D eigenvalue weighted by Crippen LogP contribution is -2.70. The zero-order chi connectivity index (χ0) is 21.1. The Bertz CT molecular complexity index is 882. The molecule has 2 aromatic carbocycles. The lowest BCUT2D eigenvalue weighted by Gasteiger charge is -2.55. The first-order valence-electron chi connectivity index (χ1n) is 10.9. The Labute approximate surface area is 179 Å². The van der Waals surface area contributed by atoms with Gasteiger partial charge in [-0.3, -0.25) is 14.5 Å². The minimum atomic E-state index is -0.105. The Morgan fingerprint density at radius 3 is 2.23 bits per heavy atom. The van der Waals surface area contributed by atoms with Gasteiger partial charge in [0.05, 0.1) is 0 Å². The number of nitrogens with zero attached hydrogens (tertiary/aromatic N) is 3. The first kappa shape index (κ1) is 20.6. The molecule has 2 heterocycles. The highest BCUT2D eigenvalue weighted by molar-refractivity contribution is 5.94. The van der Waals surface area contributed by atoms with Crippen molar-refractivity contribution >= 4 is 11.8 Å². The van der Waals surface area contributed by atoms with Crippen LogP contribution >= 0.6 is 0 Å². The monoisotopic (exact) mass is 405 g/mol. The Morgan fingerprint density at radius 2 is 1.53 bits per heavy atom. The van der Waals surface area contributed by atoms with E-state index >= 15 is 0 Å². The summed E-state index contributed by atoms with van der Waals surface area (Å²) in [5, 5.41) is 0. The van der Waals surface area contributed by atoms with E-state index in [4.69, 9.17) is 0 Å². The molecule has 0 saturated carbocycles. The fraction of sp³-hybridized carbons (Fsp3) is 0.440. The molecule has 5 nitrogen and oxygen atoms in total. The van der Waals surface area contributed by atoms with Crippen LogP contribution in [0.5, 0.6) is 0 Å². The summed E-state index contributed by atoms with van der Waals surface area (Å²) in [6, 6.07) is 19.8. The molecule has 0 radical (unpaired) electrons. The van der Waals surface area contributed by atoms with Gasteiger partial charge in [0.2, 0.25) is 5.91 Å². The van der Waals surface area contributed by atoms with E-state index in [2.05, 4.69) is 30.9 Å². The van der Waals surface area contributed by atoms with E-state index in [1.807, 2.05) is 58.3 Å². The van der Waals surface area contributed by atoms with Crippen molar-refractivity contribution in [2.75, 3.05) is 32.7 Å². The molecule has 2 fully saturated rings. The van der Waals surface area contributed by atoms with Crippen molar-refractivity contribution in [3.63, 3.8) is 0 Å². The van der Waals surface area contributed by atoms with Gasteiger partial charge in [-0.1, -0.05) is 48.5 Å². The number of aryl methyl sites for hydroxylation is 1. The van der Waals surface area contributed by atoms with Crippen LogP contribution in [0.25, 0.3) is 0 Å². The predicted molar refractivity (Wildman–Crippen MR) is 118 cm³/mol. The molecule has 1 unspecified atom stereocenters. The Morgan fingerprint density at radius 1 is 0.900 bits per heavy atom. The normalized spacial score (nSPS) is 21.2. The van der Waals surface area contributed by atoms with Crippen molar-refractivity contribution in [3.05, 3.63) is 71.8 Å². The van der Waals surface area contributed by atoms with Gasteiger partial charge in [0, 0.05) is 56.3 Å². The molecule has 2 saturated heterocycles. The summed E-state index contributed by atoms with van der Waals surface area (Å²) < 4.78 is 0. The topological polar surface area (TPSA) is 43.9 Å². The van der Waals surface area contributed by atoms with Crippen molar-refractivity contribution in [2.45, 2.75) is 38.3 Å². The summed E-state index contributed by atoms with van der Waals surface area (Å²) in [6.45, 7) is 8.10. The van der Waals surface area contributed by atoms with Gasteiger partial charge in [-0.15, -0.1) is 0 Å². The fourth-order valence-corrected chi connectivity index (χ4v) is 4.88. The minimum Gasteiger partial charge on any atom is -0.340 e. The molecule has 2 aliphatic rings. The van der Waals surface area contributed by atoms with Gasteiger partial charge in [-0.2, -0.15) is 0 Å². The molecule has 0 N–H and O–H groups in total. The number of fused-ring (bicyclic) bond motifs is 1. The lowest BCUT2D eigenvalue weighted by atomic mass is 9.92. The van der Waals surface area contributed by atoms with E-state index < -0.39 is 0 Å². The van der Waals surface area contributed by atoms with Crippen LogP contribution in [0.1, 0.15) is 36.2 Å². The molecule has 2 amide bonds. The van der Waals surface area contributed by atoms with E-state index in [-0.39, 0.29) is 23.4 Å². The highest BCUT2D eigenvalue weighted by Crippen LogP contribution is 2.29. The summed E-state index contributed by atoms with van der Waals surface area (Å²) in [5.41, 5.74) is 1.82. The second kappa shape index (κ2) is 8.60. The van der Waals surface area contributed by atoms with Gasteiger partial charge in [0.15, 0.2) is 0 Å². The summed E-state index contributed by atoms with van der Waals surface area (Å²) >= 11 is 0. The third-order valence-corrected chi connectivity index (χ3v) is 6.40. The maximum atomic E-state index is 13.1. The van der Waals surface area contributed by atoms with Gasteiger partial charge < -0.3 is 9.80 Å². The predicted octanol–water partition coefficient (Wildman–Crippen LogP) is 3.07. The maximum absolute atomic E-state index is 13.1. The van der Waals surface area contributed by atoms with Gasteiger partial charge >= 0.3 is 0 Å². The zero-order valence-corrected chi connectivity index (χ0v) is 18.0. The lowest BCUT2D eigenvalue weighted by molar-refractivity contribution is -0.138. The summed E-state index contributed by atoms with van der Waals surface area (Å²) in [7, 11) is 0. The maximum Gasteiger partial charge on any atom is 0.253 e. The number of hydrogen-bond acceptors (Lipinski definition) is 3. The molecule has 0 aromatic heterocycles. The third-order valence-electron chi connectivity index (χ3n) is 6.40. The zero-order valence-electron chi connectivity index (χ0n) is 18.0. The van der Waals surface area contributed by atoms with Gasteiger partial charge in [0.25, 0.3) is 5.91 Å². The quantitative estimate of drug-likeness (QED) is 0.785. The summed E-state index contributed by atoms with van der Waals surface area (Å²) in [4.78, 5) is 32.4. The van der Waals surface area contributed by atoms with Gasteiger partial charge in [0.1, 0.15) is 0 Å². The molecular formula is C25H31N3O2. The number of carbonyl (C=O) groups is 2. The minimum absolute atomic E-state index is 0.0795. The number of carbonyl (C=O) groups excluding carboxylic acids is 2. The number of piperazine rings is 2. The Kier molecular flexibility index (Phi) is 5.91. The Balaban J connectivity index is 1.41. The molecule has 158 valence electrons. The van der Waals surface area contributed by atoms with E-state index in [0.717, 1.165) is 25.1 Å². The molecule has 4 rings (SSSR count). The van der Waals surface area contributed by atoms with Crippen molar-refractivity contribution in [2.24, 2.45) is 0 Å². The van der Waals surface area contributed by atoms with Crippen LogP contribution < -0.4 is 0 Å². The molecule has 2 aromatic rings. The van der Waals surface area contributed by atoms with Crippen LogP contribution in [-0.4, -0.2) is 70.8 Å². The summed E-state index contributed by atoms with van der Waals surface area (Å²) in [6.07, 6.45) is 1.31. The molecule has 0 spiro atoms. The van der Waals surface area contributed by atoms with Crippen molar-refractivity contribution in [1.82, 2.24) is 14.7 Å². The smallest absolute Gasteiger partial charge is 0.253 e. The molecule has 0 aliphatic carbocycles.